The number of rotatable bonds is 4. The van der Waals surface area contributed by atoms with E-state index in [2.05, 4.69) is 77.2 Å². The van der Waals surface area contributed by atoms with Crippen LogP contribution in [0.4, 0.5) is 0 Å². The maximum absolute atomic E-state index is 4.89. The van der Waals surface area contributed by atoms with Crippen LogP contribution in [0.1, 0.15) is 49.9 Å². The van der Waals surface area contributed by atoms with E-state index in [0.29, 0.717) is 0 Å². The molecule has 0 heterocycles. The second-order valence-corrected chi connectivity index (χ2v) is 9.05. The molecule has 2 aromatic carbocycles. The molecule has 0 atom stereocenters. The number of halogens is 2. The molecule has 0 nitrogen and oxygen atoms in total. The molecule has 0 saturated carbocycles. The topological polar surface area (TPSA) is 0 Å². The Morgan fingerprint density at radius 3 is 1.21 bits per heavy atom. The summed E-state index contributed by atoms with van der Waals surface area (Å²) >= 11 is -0.556. The molecule has 0 spiro atoms. The number of hydrogen-bond acceptors (Lipinski definition) is 0. The first-order valence-electron chi connectivity index (χ1n) is 8.75. The summed E-state index contributed by atoms with van der Waals surface area (Å²) < 4.78 is 0. The van der Waals surface area contributed by atoms with E-state index in [1.165, 1.54) is 47.9 Å². The molecule has 0 unspecified atom stereocenters. The van der Waals surface area contributed by atoms with E-state index in [4.69, 9.17) is 18.6 Å². The third-order valence-corrected chi connectivity index (χ3v) is 3.40. The van der Waals surface area contributed by atoms with Crippen molar-refractivity contribution in [2.45, 2.75) is 66.5 Å². The summed E-state index contributed by atoms with van der Waals surface area (Å²) in [6.45, 7) is 13.2. The number of aryl methyl sites for hydroxylation is 4. The first kappa shape index (κ1) is 26.4. The van der Waals surface area contributed by atoms with E-state index >= 15 is 0 Å². The Hall–Kier alpha value is 0.211. The van der Waals surface area contributed by atoms with Gasteiger partial charge in [-0.25, -0.2) is 12.1 Å². The standard InChI is InChI=1S/2C9H13.C2H7Si.2ClH.Ti/c2*1-3-8-5-6-9(4-2)7-8;1-3-2;;;/h2*5-7H,3-4H2,1-2H3;3H,1-2H3;2*1H;/q2*-1;;;;+2/p-2. The van der Waals surface area contributed by atoms with Gasteiger partial charge in [-0.05, 0) is 0 Å². The van der Waals surface area contributed by atoms with Gasteiger partial charge in [-0.1, -0.05) is 66.5 Å². The van der Waals surface area contributed by atoms with Gasteiger partial charge < -0.3 is 0 Å². The van der Waals surface area contributed by atoms with Crippen LogP contribution in [0.2, 0.25) is 13.1 Å². The Morgan fingerprint density at radius 1 is 0.792 bits per heavy atom. The summed E-state index contributed by atoms with van der Waals surface area (Å²) in [6, 6.07) is 13.4. The normalized spacial score (nSPS) is 8.83. The molecule has 2 rings (SSSR count). The minimum atomic E-state index is -0.556. The van der Waals surface area contributed by atoms with Gasteiger partial charge in [-0.2, -0.15) is 46.5 Å². The van der Waals surface area contributed by atoms with Gasteiger partial charge in [0.1, 0.15) is 0 Å². The van der Waals surface area contributed by atoms with E-state index in [9.17, 15) is 0 Å². The fourth-order valence-corrected chi connectivity index (χ4v) is 1.98. The van der Waals surface area contributed by atoms with E-state index in [1.54, 1.807) is 0 Å². The molecule has 2 aromatic rings. The molecule has 0 fully saturated rings. The van der Waals surface area contributed by atoms with Crippen LogP contribution in [0.3, 0.4) is 0 Å². The quantitative estimate of drug-likeness (QED) is 0.371. The van der Waals surface area contributed by atoms with Crippen molar-refractivity contribution >= 4 is 28.1 Å². The summed E-state index contributed by atoms with van der Waals surface area (Å²) in [7, 11) is 10.5. The molecular formula is C20H33Cl2SiTi-2. The van der Waals surface area contributed by atoms with Crippen molar-refractivity contribution in [3.05, 3.63) is 58.7 Å². The summed E-state index contributed by atoms with van der Waals surface area (Å²) in [6.07, 6.45) is 4.67. The molecule has 4 heteroatoms. The van der Waals surface area contributed by atoms with Crippen molar-refractivity contribution in [2.75, 3.05) is 0 Å². The predicted octanol–water partition coefficient (Wildman–Crippen LogP) is 6.96. The summed E-state index contributed by atoms with van der Waals surface area (Å²) in [4.78, 5) is 0. The first-order valence-corrected chi connectivity index (χ1v) is 15.4. The van der Waals surface area contributed by atoms with Gasteiger partial charge in [0.2, 0.25) is 0 Å². The summed E-state index contributed by atoms with van der Waals surface area (Å²) in [5.41, 5.74) is 5.86. The molecular weight excluding hydrogens is 387 g/mol. The van der Waals surface area contributed by atoms with Gasteiger partial charge in [0, 0.05) is 9.52 Å². The van der Waals surface area contributed by atoms with Gasteiger partial charge in [0.05, 0.1) is 0 Å². The summed E-state index contributed by atoms with van der Waals surface area (Å²) in [5, 5.41) is 0. The Kier molecular flexibility index (Phi) is 21.5. The summed E-state index contributed by atoms with van der Waals surface area (Å²) in [5.74, 6) is 0. The van der Waals surface area contributed by atoms with Crippen LogP contribution in [0.25, 0.3) is 0 Å². The molecule has 137 valence electrons. The Balaban J connectivity index is 0. The van der Waals surface area contributed by atoms with Crippen molar-refractivity contribution in [3.63, 3.8) is 0 Å². The molecule has 0 bridgehead atoms. The Labute approximate surface area is 169 Å². The van der Waals surface area contributed by atoms with Crippen molar-refractivity contribution in [2.24, 2.45) is 0 Å². The molecule has 0 aromatic heterocycles. The van der Waals surface area contributed by atoms with Crippen molar-refractivity contribution in [3.8, 4) is 0 Å². The van der Waals surface area contributed by atoms with Gasteiger partial charge in [0.25, 0.3) is 0 Å². The first-order chi connectivity index (χ1) is 11.6. The van der Waals surface area contributed by atoms with Crippen LogP contribution < -0.4 is 0 Å². The van der Waals surface area contributed by atoms with Crippen LogP contribution in [0.15, 0.2) is 36.4 Å². The van der Waals surface area contributed by atoms with Crippen LogP contribution in [-0.4, -0.2) is 9.52 Å². The average Bonchev–Trinajstić information content (AvgIpc) is 3.25. The van der Waals surface area contributed by atoms with Crippen LogP contribution >= 0.6 is 18.6 Å². The van der Waals surface area contributed by atoms with Gasteiger partial charge >= 0.3 is 35.6 Å². The van der Waals surface area contributed by atoms with Crippen molar-refractivity contribution in [1.82, 2.24) is 0 Å². The monoisotopic (exact) mass is 419 g/mol. The molecule has 0 aliphatic heterocycles. The zero-order chi connectivity index (χ0) is 18.8. The van der Waals surface area contributed by atoms with Crippen LogP contribution in [0, 0.1) is 0 Å². The van der Waals surface area contributed by atoms with Crippen LogP contribution in [0.5, 0.6) is 0 Å². The Bertz CT molecular complexity index is 396. The van der Waals surface area contributed by atoms with Gasteiger partial charge in [-0.15, -0.1) is 0 Å². The van der Waals surface area contributed by atoms with E-state index in [0.717, 1.165) is 9.52 Å². The minimum absolute atomic E-state index is 0.556. The van der Waals surface area contributed by atoms with Gasteiger partial charge in [-0.3, -0.25) is 0 Å². The predicted molar refractivity (Wildman–Crippen MR) is 112 cm³/mol. The van der Waals surface area contributed by atoms with Crippen molar-refractivity contribution < 1.29 is 17.0 Å². The van der Waals surface area contributed by atoms with E-state index in [1.807, 2.05) is 0 Å². The van der Waals surface area contributed by atoms with Crippen molar-refractivity contribution in [1.29, 1.82) is 0 Å². The molecule has 0 N–H and O–H groups in total. The second-order valence-electron chi connectivity index (χ2n) is 5.32. The zero-order valence-corrected chi connectivity index (χ0v) is 20.4. The third-order valence-electron chi connectivity index (χ3n) is 3.40. The molecule has 0 amide bonds. The average molecular weight is 420 g/mol. The third kappa shape index (κ3) is 14.5. The molecule has 0 aliphatic carbocycles. The fourth-order valence-electron chi connectivity index (χ4n) is 1.98. The van der Waals surface area contributed by atoms with E-state index < -0.39 is 17.0 Å². The molecule has 1 radical (unpaired) electrons. The second kappa shape index (κ2) is 19.5. The zero-order valence-electron chi connectivity index (χ0n) is 16.1. The Morgan fingerprint density at radius 2 is 1.08 bits per heavy atom. The molecule has 24 heavy (non-hydrogen) atoms. The fraction of sp³-hybridized carbons (Fsp3) is 0.500. The van der Waals surface area contributed by atoms with Crippen LogP contribution in [-0.2, 0) is 42.7 Å². The molecule has 0 aliphatic rings. The maximum atomic E-state index is 4.89. The SMILES string of the molecule is CCc1c[cH-]c(CC)c1.CCc1c[cH-]c(CC)c1.C[SiH]C.[Cl][Ti][Cl]. The molecule has 0 saturated heterocycles. The van der Waals surface area contributed by atoms with Gasteiger partial charge in [0.15, 0.2) is 0 Å². The van der Waals surface area contributed by atoms with E-state index in [-0.39, 0.29) is 0 Å². The number of hydrogen-bond donors (Lipinski definition) is 0.